The van der Waals surface area contributed by atoms with Gasteiger partial charge in [0.1, 0.15) is 0 Å². The molecule has 0 amide bonds. The molecule has 1 rings (SSSR count). The second-order valence-corrected chi connectivity index (χ2v) is 2.61. The van der Waals surface area contributed by atoms with Crippen molar-refractivity contribution in [2.75, 3.05) is 0 Å². The normalized spacial score (nSPS) is 17.1. The average Bonchev–Trinajstić information content (AvgIpc) is 2.27. The van der Waals surface area contributed by atoms with Crippen LogP contribution in [0.1, 0.15) is 13.3 Å². The lowest BCUT2D eigenvalue weighted by molar-refractivity contribution is 1.33. The largest absolute Gasteiger partial charge is 0.261 e. The van der Waals surface area contributed by atoms with Crippen molar-refractivity contribution in [1.82, 2.24) is 0 Å². The summed E-state index contributed by atoms with van der Waals surface area (Å²) in [6.07, 6.45) is 12.6. The van der Waals surface area contributed by atoms with Crippen molar-refractivity contribution in [2.24, 2.45) is 4.99 Å². The third kappa shape index (κ3) is 2.35. The SMILES string of the molecule is C=C/C=C\C1=C(C)C=CCC=N1. The van der Waals surface area contributed by atoms with Gasteiger partial charge in [-0.25, -0.2) is 0 Å². The summed E-state index contributed by atoms with van der Waals surface area (Å²) >= 11 is 0. The minimum absolute atomic E-state index is 0.919. The Balaban J connectivity index is 2.90. The fourth-order valence-corrected chi connectivity index (χ4v) is 0.978. The fourth-order valence-electron chi connectivity index (χ4n) is 0.978. The van der Waals surface area contributed by atoms with Crippen LogP contribution in [0.3, 0.4) is 0 Å². The van der Waals surface area contributed by atoms with Crippen molar-refractivity contribution in [3.63, 3.8) is 0 Å². The van der Waals surface area contributed by atoms with Gasteiger partial charge in [-0.1, -0.05) is 30.9 Å². The predicted octanol–water partition coefficient (Wildman–Crippen LogP) is 3.03. The molecule has 0 saturated carbocycles. The Hall–Kier alpha value is -1.37. The molecule has 62 valence electrons. The van der Waals surface area contributed by atoms with Crippen LogP contribution in [0.25, 0.3) is 0 Å². The van der Waals surface area contributed by atoms with Gasteiger partial charge in [0.05, 0.1) is 5.70 Å². The quantitative estimate of drug-likeness (QED) is 0.549. The molecule has 0 aromatic heterocycles. The highest BCUT2D eigenvalue weighted by Gasteiger charge is 1.94. The molecule has 0 atom stereocenters. The molecule has 0 spiro atoms. The Labute approximate surface area is 73.5 Å². The summed E-state index contributed by atoms with van der Waals surface area (Å²) in [5.41, 5.74) is 2.21. The molecule has 1 aliphatic rings. The molecule has 0 fully saturated rings. The first-order valence-corrected chi connectivity index (χ1v) is 4.03. The summed E-state index contributed by atoms with van der Waals surface area (Å²) < 4.78 is 0. The Morgan fingerprint density at radius 1 is 1.58 bits per heavy atom. The first-order chi connectivity index (χ1) is 5.84. The van der Waals surface area contributed by atoms with Crippen LogP contribution in [0.15, 0.2) is 53.2 Å². The summed E-state index contributed by atoms with van der Waals surface area (Å²) in [5, 5.41) is 0. The molecule has 1 heteroatoms. The van der Waals surface area contributed by atoms with Crippen LogP contribution in [-0.2, 0) is 0 Å². The van der Waals surface area contributed by atoms with Crippen LogP contribution in [0.4, 0.5) is 0 Å². The molecule has 0 saturated heterocycles. The molecule has 0 unspecified atom stereocenters. The van der Waals surface area contributed by atoms with Crippen LogP contribution in [-0.4, -0.2) is 6.21 Å². The first kappa shape index (κ1) is 8.72. The van der Waals surface area contributed by atoms with Crippen molar-refractivity contribution in [1.29, 1.82) is 0 Å². The second kappa shape index (κ2) is 4.50. The van der Waals surface area contributed by atoms with Crippen LogP contribution in [0.2, 0.25) is 0 Å². The topological polar surface area (TPSA) is 12.4 Å². The maximum atomic E-state index is 4.30. The van der Waals surface area contributed by atoms with Gasteiger partial charge < -0.3 is 0 Å². The maximum absolute atomic E-state index is 4.30. The molecule has 0 aromatic carbocycles. The van der Waals surface area contributed by atoms with Gasteiger partial charge in [0, 0.05) is 12.6 Å². The summed E-state index contributed by atoms with van der Waals surface area (Å²) in [4.78, 5) is 4.30. The van der Waals surface area contributed by atoms with Crippen molar-refractivity contribution < 1.29 is 0 Å². The summed E-state index contributed by atoms with van der Waals surface area (Å²) in [6, 6.07) is 0. The zero-order valence-corrected chi connectivity index (χ0v) is 7.33. The number of allylic oxidation sites excluding steroid dienone is 6. The minimum Gasteiger partial charge on any atom is -0.261 e. The van der Waals surface area contributed by atoms with E-state index in [9.17, 15) is 0 Å². The van der Waals surface area contributed by atoms with Crippen molar-refractivity contribution >= 4 is 6.21 Å². The maximum Gasteiger partial charge on any atom is 0.0654 e. The van der Waals surface area contributed by atoms with Gasteiger partial charge in [-0.15, -0.1) is 0 Å². The standard InChI is InChI=1S/C11H13N/c1-3-4-8-11-10(2)7-5-6-9-12-11/h3-5,7-9H,1,6H2,2H3/b8-4-. The number of hydrogen-bond acceptors (Lipinski definition) is 1. The van der Waals surface area contributed by atoms with Gasteiger partial charge in [0.25, 0.3) is 0 Å². The lowest BCUT2D eigenvalue weighted by Crippen LogP contribution is -1.76. The molecular formula is C11H13N. The smallest absolute Gasteiger partial charge is 0.0654 e. The molecule has 1 nitrogen and oxygen atoms in total. The minimum atomic E-state index is 0.919. The van der Waals surface area contributed by atoms with Crippen molar-refractivity contribution in [3.8, 4) is 0 Å². The number of aliphatic imine (C=N–C) groups is 1. The van der Waals surface area contributed by atoms with Gasteiger partial charge in [-0.2, -0.15) is 0 Å². The number of hydrogen-bond donors (Lipinski definition) is 0. The highest BCUT2D eigenvalue weighted by molar-refractivity contribution is 5.63. The van der Waals surface area contributed by atoms with E-state index in [2.05, 4.69) is 30.6 Å². The highest BCUT2D eigenvalue weighted by atomic mass is 14.7. The highest BCUT2D eigenvalue weighted by Crippen LogP contribution is 2.11. The number of nitrogens with zero attached hydrogens (tertiary/aromatic N) is 1. The van der Waals surface area contributed by atoms with E-state index >= 15 is 0 Å². The lowest BCUT2D eigenvalue weighted by atomic mass is 10.2. The van der Waals surface area contributed by atoms with E-state index in [1.54, 1.807) is 6.08 Å². The van der Waals surface area contributed by atoms with Crippen molar-refractivity contribution in [2.45, 2.75) is 13.3 Å². The fraction of sp³-hybridized carbons (Fsp3) is 0.182. The van der Waals surface area contributed by atoms with Crippen LogP contribution >= 0.6 is 0 Å². The number of rotatable bonds is 2. The van der Waals surface area contributed by atoms with Crippen LogP contribution in [0.5, 0.6) is 0 Å². The average molecular weight is 159 g/mol. The summed E-state index contributed by atoms with van der Waals surface area (Å²) in [6.45, 7) is 5.67. The van der Waals surface area contributed by atoms with E-state index in [-0.39, 0.29) is 0 Å². The third-order valence-electron chi connectivity index (χ3n) is 1.63. The van der Waals surface area contributed by atoms with Gasteiger partial charge in [0.2, 0.25) is 0 Å². The molecule has 12 heavy (non-hydrogen) atoms. The van der Waals surface area contributed by atoms with Crippen molar-refractivity contribution in [3.05, 3.63) is 48.2 Å². The Bertz CT molecular complexity index is 277. The molecule has 0 bridgehead atoms. The molecule has 0 radical (unpaired) electrons. The van der Waals surface area contributed by atoms with E-state index < -0.39 is 0 Å². The van der Waals surface area contributed by atoms with E-state index in [0.29, 0.717) is 0 Å². The molecule has 1 aliphatic heterocycles. The molecule has 0 aliphatic carbocycles. The van der Waals surface area contributed by atoms with Gasteiger partial charge >= 0.3 is 0 Å². The van der Waals surface area contributed by atoms with Crippen LogP contribution < -0.4 is 0 Å². The zero-order valence-electron chi connectivity index (χ0n) is 7.33. The van der Waals surface area contributed by atoms with Gasteiger partial charge in [0.15, 0.2) is 0 Å². The van der Waals surface area contributed by atoms with E-state index in [4.69, 9.17) is 0 Å². The Kier molecular flexibility index (Phi) is 3.27. The Morgan fingerprint density at radius 3 is 3.17 bits per heavy atom. The molecule has 0 aromatic rings. The van der Waals surface area contributed by atoms with Gasteiger partial charge in [-0.05, 0) is 18.6 Å². The van der Waals surface area contributed by atoms with Crippen LogP contribution in [0, 0.1) is 0 Å². The second-order valence-electron chi connectivity index (χ2n) is 2.61. The summed E-state index contributed by atoms with van der Waals surface area (Å²) in [7, 11) is 0. The molecule has 1 heterocycles. The van der Waals surface area contributed by atoms with Gasteiger partial charge in [-0.3, -0.25) is 4.99 Å². The van der Waals surface area contributed by atoms with E-state index in [0.717, 1.165) is 12.1 Å². The Morgan fingerprint density at radius 2 is 2.42 bits per heavy atom. The summed E-state index contributed by atoms with van der Waals surface area (Å²) in [5.74, 6) is 0. The monoisotopic (exact) mass is 159 g/mol. The predicted molar refractivity (Wildman–Crippen MR) is 54.3 cm³/mol. The van der Waals surface area contributed by atoms with E-state index in [1.165, 1.54) is 5.57 Å². The van der Waals surface area contributed by atoms with E-state index in [1.807, 2.05) is 18.4 Å². The molecular weight excluding hydrogens is 146 g/mol. The lowest BCUT2D eigenvalue weighted by Gasteiger charge is -1.94. The molecule has 0 N–H and O–H groups in total. The first-order valence-electron chi connectivity index (χ1n) is 4.03. The zero-order chi connectivity index (χ0) is 8.81. The third-order valence-corrected chi connectivity index (χ3v) is 1.63.